The number of urea groups is 1. The van der Waals surface area contributed by atoms with E-state index in [1.807, 2.05) is 36.6 Å². The van der Waals surface area contributed by atoms with E-state index in [4.69, 9.17) is 0 Å². The Balaban J connectivity index is 1.68. The fourth-order valence-corrected chi connectivity index (χ4v) is 4.11. The maximum Gasteiger partial charge on any atom is 0.325 e. The molecule has 0 saturated carbocycles. The third-order valence-corrected chi connectivity index (χ3v) is 5.97. The number of thiazole rings is 1. The minimum absolute atomic E-state index is 0.0718. The smallest absolute Gasteiger partial charge is 0.325 e. The van der Waals surface area contributed by atoms with Gasteiger partial charge in [0.15, 0.2) is 0 Å². The molecule has 1 N–H and O–H groups in total. The Labute approximate surface area is 156 Å². The highest BCUT2D eigenvalue weighted by molar-refractivity contribution is 7.90. The van der Waals surface area contributed by atoms with Gasteiger partial charge in [0.1, 0.15) is 20.9 Å². The number of nitrogens with zero attached hydrogens (tertiary/aromatic N) is 2. The van der Waals surface area contributed by atoms with E-state index in [9.17, 15) is 18.0 Å². The molecule has 3 rings (SSSR count). The largest absolute Gasteiger partial charge is 0.326 e. The molecule has 1 fully saturated rings. The molecule has 2 heterocycles. The molecule has 2 aromatic rings. The molecule has 3 amide bonds. The van der Waals surface area contributed by atoms with Gasteiger partial charge in [-0.1, -0.05) is 29.8 Å². The minimum Gasteiger partial charge on any atom is -0.326 e. The van der Waals surface area contributed by atoms with Gasteiger partial charge in [0.2, 0.25) is 0 Å². The van der Waals surface area contributed by atoms with Crippen LogP contribution in [0.5, 0.6) is 0 Å². The molecular formula is C17H19N3O4S2. The van der Waals surface area contributed by atoms with Crippen LogP contribution in [0.25, 0.3) is 10.6 Å². The number of aryl methyl sites for hydroxylation is 1. The predicted octanol–water partition coefficient (Wildman–Crippen LogP) is 1.97. The third-order valence-electron chi connectivity index (χ3n) is 4.05. The van der Waals surface area contributed by atoms with Crippen molar-refractivity contribution in [1.29, 1.82) is 0 Å². The highest BCUT2D eigenvalue weighted by atomic mass is 32.2. The van der Waals surface area contributed by atoms with E-state index < -0.39 is 27.8 Å². The lowest BCUT2D eigenvalue weighted by atomic mass is 10.2. The van der Waals surface area contributed by atoms with Crippen molar-refractivity contribution in [1.82, 2.24) is 15.2 Å². The SMILES string of the molecule is Cc1ccc(-c2nc(CN3C(=O)NC(CCS(C)(=O)=O)C3=O)cs2)cc1. The molecule has 1 unspecified atom stereocenters. The molecule has 1 aliphatic heterocycles. The number of hydrogen-bond donors (Lipinski definition) is 1. The first-order valence-corrected chi connectivity index (χ1v) is 11.0. The average Bonchev–Trinajstić information content (AvgIpc) is 3.13. The van der Waals surface area contributed by atoms with Gasteiger partial charge in [-0.05, 0) is 13.3 Å². The number of carbonyl (C=O) groups excluding carboxylic acids is 2. The fourth-order valence-electron chi connectivity index (χ4n) is 2.62. The third kappa shape index (κ3) is 4.28. The van der Waals surface area contributed by atoms with E-state index >= 15 is 0 Å². The summed E-state index contributed by atoms with van der Waals surface area (Å²) in [6.07, 6.45) is 1.18. The van der Waals surface area contributed by atoms with Crippen LogP contribution in [0.4, 0.5) is 4.79 Å². The molecule has 26 heavy (non-hydrogen) atoms. The van der Waals surface area contributed by atoms with Crippen molar-refractivity contribution in [3.8, 4) is 10.6 Å². The molecule has 0 bridgehead atoms. The Morgan fingerprint density at radius 2 is 1.92 bits per heavy atom. The number of sulfone groups is 1. The van der Waals surface area contributed by atoms with Crippen LogP contribution in [-0.2, 0) is 21.2 Å². The first-order chi connectivity index (χ1) is 12.2. The summed E-state index contributed by atoms with van der Waals surface area (Å²) >= 11 is 1.45. The normalized spacial score (nSPS) is 17.6. The van der Waals surface area contributed by atoms with Crippen molar-refractivity contribution < 1.29 is 18.0 Å². The van der Waals surface area contributed by atoms with Gasteiger partial charge in [0.25, 0.3) is 5.91 Å². The number of nitrogens with one attached hydrogen (secondary N) is 1. The first kappa shape index (κ1) is 18.5. The second-order valence-corrected chi connectivity index (χ2v) is 9.47. The van der Waals surface area contributed by atoms with Crippen LogP contribution in [0.2, 0.25) is 0 Å². The fraction of sp³-hybridized carbons (Fsp3) is 0.353. The van der Waals surface area contributed by atoms with Gasteiger partial charge in [0.05, 0.1) is 18.0 Å². The van der Waals surface area contributed by atoms with Crippen molar-refractivity contribution >= 4 is 33.1 Å². The van der Waals surface area contributed by atoms with E-state index in [1.165, 1.54) is 11.3 Å². The van der Waals surface area contributed by atoms with Crippen molar-refractivity contribution in [3.63, 3.8) is 0 Å². The Kier molecular flexibility index (Phi) is 5.10. The van der Waals surface area contributed by atoms with Crippen LogP contribution >= 0.6 is 11.3 Å². The predicted molar refractivity (Wildman–Crippen MR) is 99.5 cm³/mol. The topological polar surface area (TPSA) is 96.4 Å². The quantitative estimate of drug-likeness (QED) is 0.757. The van der Waals surface area contributed by atoms with Crippen molar-refractivity contribution in [3.05, 3.63) is 40.9 Å². The van der Waals surface area contributed by atoms with Crippen molar-refractivity contribution in [2.24, 2.45) is 0 Å². The molecule has 1 atom stereocenters. The molecule has 1 aromatic heterocycles. The summed E-state index contributed by atoms with van der Waals surface area (Å²) in [6.45, 7) is 2.08. The molecule has 138 valence electrons. The average molecular weight is 393 g/mol. The first-order valence-electron chi connectivity index (χ1n) is 8.04. The summed E-state index contributed by atoms with van der Waals surface area (Å²) in [7, 11) is -3.19. The van der Waals surface area contributed by atoms with Crippen LogP contribution in [0, 0.1) is 6.92 Å². The lowest BCUT2D eigenvalue weighted by molar-refractivity contribution is -0.127. The number of aromatic nitrogens is 1. The van der Waals surface area contributed by atoms with Crippen LogP contribution in [0.3, 0.4) is 0 Å². The van der Waals surface area contributed by atoms with Gasteiger partial charge in [-0.15, -0.1) is 11.3 Å². The van der Waals surface area contributed by atoms with Gasteiger partial charge < -0.3 is 5.32 Å². The van der Waals surface area contributed by atoms with E-state index in [1.54, 1.807) is 0 Å². The van der Waals surface area contributed by atoms with Gasteiger partial charge >= 0.3 is 6.03 Å². The van der Waals surface area contributed by atoms with Crippen LogP contribution < -0.4 is 5.32 Å². The van der Waals surface area contributed by atoms with Crippen LogP contribution in [0.1, 0.15) is 17.7 Å². The number of hydrogen-bond acceptors (Lipinski definition) is 6. The minimum atomic E-state index is -3.19. The molecule has 0 spiro atoms. The lowest BCUT2D eigenvalue weighted by Gasteiger charge is -2.11. The highest BCUT2D eigenvalue weighted by Crippen LogP contribution is 2.25. The monoisotopic (exact) mass is 393 g/mol. The Morgan fingerprint density at radius 1 is 1.23 bits per heavy atom. The maximum absolute atomic E-state index is 12.4. The molecular weight excluding hydrogens is 374 g/mol. The van der Waals surface area contributed by atoms with Crippen LogP contribution in [-0.4, -0.2) is 48.3 Å². The van der Waals surface area contributed by atoms with Gasteiger partial charge in [0, 0.05) is 17.2 Å². The van der Waals surface area contributed by atoms with Gasteiger partial charge in [-0.25, -0.2) is 18.2 Å². The number of benzene rings is 1. The zero-order valence-corrected chi connectivity index (χ0v) is 16.1. The molecule has 1 aliphatic rings. The maximum atomic E-state index is 12.4. The summed E-state index contributed by atoms with van der Waals surface area (Å²) in [5.41, 5.74) is 2.76. The molecule has 0 radical (unpaired) electrons. The lowest BCUT2D eigenvalue weighted by Crippen LogP contribution is -2.32. The number of amides is 3. The second-order valence-electron chi connectivity index (χ2n) is 6.36. The molecule has 7 nitrogen and oxygen atoms in total. The van der Waals surface area contributed by atoms with E-state index in [-0.39, 0.29) is 18.7 Å². The Bertz CT molecular complexity index is 935. The van der Waals surface area contributed by atoms with Crippen LogP contribution in [0.15, 0.2) is 29.6 Å². The zero-order chi connectivity index (χ0) is 18.9. The summed E-state index contributed by atoms with van der Waals surface area (Å²) in [6, 6.07) is 6.64. The number of imide groups is 1. The summed E-state index contributed by atoms with van der Waals surface area (Å²) in [5, 5.41) is 5.18. The summed E-state index contributed by atoms with van der Waals surface area (Å²) in [4.78, 5) is 30.0. The number of carbonyl (C=O) groups is 2. The molecule has 0 aliphatic carbocycles. The molecule has 1 aromatic carbocycles. The van der Waals surface area contributed by atoms with E-state index in [0.717, 1.165) is 27.3 Å². The Morgan fingerprint density at radius 3 is 2.58 bits per heavy atom. The standard InChI is InChI=1S/C17H19N3O4S2/c1-11-3-5-12(6-4-11)15-18-13(10-25-15)9-20-16(21)14(19-17(20)22)7-8-26(2,23)24/h3-6,10,14H,7-9H2,1-2H3,(H,19,22). The van der Waals surface area contributed by atoms with E-state index in [2.05, 4.69) is 10.3 Å². The van der Waals surface area contributed by atoms with E-state index in [0.29, 0.717) is 5.69 Å². The Hall–Kier alpha value is -2.26. The van der Waals surface area contributed by atoms with Gasteiger partial charge in [-0.3, -0.25) is 9.69 Å². The second kappa shape index (κ2) is 7.16. The zero-order valence-electron chi connectivity index (χ0n) is 14.4. The number of rotatable bonds is 6. The molecule has 1 saturated heterocycles. The van der Waals surface area contributed by atoms with Crippen molar-refractivity contribution in [2.75, 3.05) is 12.0 Å². The highest BCUT2D eigenvalue weighted by Gasteiger charge is 2.38. The van der Waals surface area contributed by atoms with Gasteiger partial charge in [-0.2, -0.15) is 0 Å². The molecule has 9 heteroatoms. The van der Waals surface area contributed by atoms with Crippen molar-refractivity contribution in [2.45, 2.75) is 25.9 Å². The summed E-state index contributed by atoms with van der Waals surface area (Å²) in [5.74, 6) is -0.560. The summed E-state index contributed by atoms with van der Waals surface area (Å²) < 4.78 is 22.5.